The average molecular weight is 426 g/mol. The van der Waals surface area contributed by atoms with Gasteiger partial charge in [0.1, 0.15) is 5.75 Å². The topological polar surface area (TPSA) is 88.2 Å². The standard InChI is InChI=1S/C20H31N3O5S/c1-16-14-18(5-6-19(16)27-2)29(25,26)23-8-3-4-17(15-23)20(24)21-7-9-22-10-12-28-13-11-22/h5-6,14,17H,3-4,7-13,15H2,1-2H3,(H,21,24)/t17-/m0/s1. The zero-order chi connectivity index (χ0) is 20.9. The quantitative estimate of drug-likeness (QED) is 0.697. The highest BCUT2D eigenvalue weighted by molar-refractivity contribution is 7.89. The van der Waals surface area contributed by atoms with Gasteiger partial charge in [0.05, 0.1) is 31.1 Å². The molecule has 162 valence electrons. The van der Waals surface area contributed by atoms with Crippen LogP contribution in [-0.2, 0) is 19.6 Å². The zero-order valence-electron chi connectivity index (χ0n) is 17.2. The summed E-state index contributed by atoms with van der Waals surface area (Å²) in [4.78, 5) is 15.1. The number of nitrogens with zero attached hydrogens (tertiary/aromatic N) is 2. The Morgan fingerprint density at radius 2 is 2.03 bits per heavy atom. The molecule has 2 saturated heterocycles. The number of sulfonamides is 1. The molecule has 2 heterocycles. The number of methoxy groups -OCH3 is 1. The van der Waals surface area contributed by atoms with Crippen molar-refractivity contribution in [2.24, 2.45) is 5.92 Å². The van der Waals surface area contributed by atoms with E-state index in [2.05, 4.69) is 10.2 Å². The van der Waals surface area contributed by atoms with Crippen LogP contribution in [0.25, 0.3) is 0 Å². The van der Waals surface area contributed by atoms with Gasteiger partial charge >= 0.3 is 0 Å². The summed E-state index contributed by atoms with van der Waals surface area (Å²) >= 11 is 0. The van der Waals surface area contributed by atoms with E-state index in [0.717, 1.165) is 38.4 Å². The number of benzene rings is 1. The van der Waals surface area contributed by atoms with Crippen LogP contribution in [-0.4, -0.2) is 83.1 Å². The van der Waals surface area contributed by atoms with Crippen molar-refractivity contribution in [2.75, 3.05) is 59.6 Å². The van der Waals surface area contributed by atoms with Crippen LogP contribution in [0.4, 0.5) is 0 Å². The van der Waals surface area contributed by atoms with Crippen molar-refractivity contribution in [2.45, 2.75) is 24.7 Å². The summed E-state index contributed by atoms with van der Waals surface area (Å²) in [5.74, 6) is 0.270. The van der Waals surface area contributed by atoms with Crippen LogP contribution in [0.1, 0.15) is 18.4 Å². The highest BCUT2D eigenvalue weighted by Crippen LogP contribution is 2.27. The molecule has 2 aliphatic heterocycles. The van der Waals surface area contributed by atoms with Gasteiger partial charge in [-0.15, -0.1) is 0 Å². The molecule has 0 bridgehead atoms. The minimum Gasteiger partial charge on any atom is -0.496 e. The second-order valence-corrected chi connectivity index (χ2v) is 9.52. The predicted octanol–water partition coefficient (Wildman–Crippen LogP) is 0.853. The predicted molar refractivity (Wildman–Crippen MR) is 109 cm³/mol. The Morgan fingerprint density at radius 3 is 2.72 bits per heavy atom. The van der Waals surface area contributed by atoms with E-state index < -0.39 is 10.0 Å². The number of hydrogen-bond acceptors (Lipinski definition) is 6. The molecule has 0 saturated carbocycles. The Balaban J connectivity index is 1.57. The van der Waals surface area contributed by atoms with Crippen LogP contribution in [0, 0.1) is 12.8 Å². The first kappa shape index (κ1) is 22.0. The Labute approximate surface area is 173 Å². The van der Waals surface area contributed by atoms with Crippen LogP contribution in [0.15, 0.2) is 23.1 Å². The maximum absolute atomic E-state index is 13.1. The Morgan fingerprint density at radius 1 is 1.28 bits per heavy atom. The van der Waals surface area contributed by atoms with E-state index in [1.807, 2.05) is 6.92 Å². The number of piperidine rings is 1. The second kappa shape index (κ2) is 9.88. The van der Waals surface area contributed by atoms with Crippen LogP contribution < -0.4 is 10.1 Å². The molecule has 0 spiro atoms. The number of carbonyl (C=O) groups is 1. The van der Waals surface area contributed by atoms with E-state index in [0.29, 0.717) is 31.7 Å². The van der Waals surface area contributed by atoms with Gasteiger partial charge in [0.2, 0.25) is 15.9 Å². The molecule has 2 aliphatic rings. The molecule has 0 aliphatic carbocycles. The summed E-state index contributed by atoms with van der Waals surface area (Å²) in [6.07, 6.45) is 1.38. The third kappa shape index (κ3) is 5.48. The van der Waals surface area contributed by atoms with Gasteiger partial charge in [0, 0.05) is 39.3 Å². The lowest BCUT2D eigenvalue weighted by Crippen LogP contribution is -2.47. The molecule has 3 rings (SSSR count). The van der Waals surface area contributed by atoms with Crippen LogP contribution in [0.5, 0.6) is 5.75 Å². The number of amides is 1. The highest BCUT2D eigenvalue weighted by atomic mass is 32.2. The van der Waals surface area contributed by atoms with E-state index in [1.54, 1.807) is 25.3 Å². The van der Waals surface area contributed by atoms with Crippen LogP contribution in [0.3, 0.4) is 0 Å². The summed E-state index contributed by atoms with van der Waals surface area (Å²) < 4.78 is 38.1. The molecule has 1 atom stereocenters. The van der Waals surface area contributed by atoms with Crippen LogP contribution >= 0.6 is 0 Å². The van der Waals surface area contributed by atoms with E-state index in [1.165, 1.54) is 4.31 Å². The minimum absolute atomic E-state index is 0.0657. The zero-order valence-corrected chi connectivity index (χ0v) is 18.0. The Bertz CT molecular complexity index is 808. The van der Waals surface area contributed by atoms with Gasteiger partial charge in [-0.25, -0.2) is 8.42 Å². The molecular weight excluding hydrogens is 394 g/mol. The third-order valence-electron chi connectivity index (χ3n) is 5.59. The molecule has 9 heteroatoms. The summed E-state index contributed by atoms with van der Waals surface area (Å²) in [6.45, 7) is 7.05. The van der Waals surface area contributed by atoms with E-state index in [9.17, 15) is 13.2 Å². The minimum atomic E-state index is -3.64. The fourth-order valence-electron chi connectivity index (χ4n) is 3.84. The highest BCUT2D eigenvalue weighted by Gasteiger charge is 2.33. The lowest BCUT2D eigenvalue weighted by molar-refractivity contribution is -0.126. The molecule has 1 amide bonds. The molecule has 8 nitrogen and oxygen atoms in total. The smallest absolute Gasteiger partial charge is 0.243 e. The second-order valence-electron chi connectivity index (χ2n) is 7.58. The van der Waals surface area contributed by atoms with E-state index >= 15 is 0 Å². The van der Waals surface area contributed by atoms with Crippen molar-refractivity contribution < 1.29 is 22.7 Å². The third-order valence-corrected chi connectivity index (χ3v) is 7.45. The van der Waals surface area contributed by atoms with Gasteiger partial charge in [0.25, 0.3) is 0 Å². The molecule has 0 aromatic heterocycles. The van der Waals surface area contributed by atoms with Gasteiger partial charge in [-0.2, -0.15) is 4.31 Å². The summed E-state index contributed by atoms with van der Waals surface area (Å²) in [5, 5.41) is 2.98. The van der Waals surface area contributed by atoms with Gasteiger partial charge in [-0.05, 0) is 43.5 Å². The number of hydrogen-bond donors (Lipinski definition) is 1. The van der Waals surface area contributed by atoms with Crippen molar-refractivity contribution >= 4 is 15.9 Å². The van der Waals surface area contributed by atoms with Crippen molar-refractivity contribution in [3.8, 4) is 5.75 Å². The van der Waals surface area contributed by atoms with E-state index in [-0.39, 0.29) is 23.3 Å². The van der Waals surface area contributed by atoms with Crippen LogP contribution in [0.2, 0.25) is 0 Å². The number of ether oxygens (including phenoxy) is 2. The van der Waals surface area contributed by atoms with Crippen molar-refractivity contribution in [3.05, 3.63) is 23.8 Å². The Kier molecular flexibility index (Phi) is 7.50. The normalized spacial score (nSPS) is 21.7. The summed E-state index contributed by atoms with van der Waals surface area (Å²) in [5.41, 5.74) is 0.767. The maximum Gasteiger partial charge on any atom is 0.243 e. The van der Waals surface area contributed by atoms with Gasteiger partial charge in [-0.3, -0.25) is 9.69 Å². The van der Waals surface area contributed by atoms with Crippen molar-refractivity contribution in [1.82, 2.24) is 14.5 Å². The lowest BCUT2D eigenvalue weighted by atomic mass is 9.99. The maximum atomic E-state index is 13.1. The van der Waals surface area contributed by atoms with Crippen molar-refractivity contribution in [3.63, 3.8) is 0 Å². The average Bonchev–Trinajstić information content (AvgIpc) is 2.74. The fourth-order valence-corrected chi connectivity index (χ4v) is 5.45. The number of aryl methyl sites for hydroxylation is 1. The monoisotopic (exact) mass is 425 g/mol. The molecule has 0 unspecified atom stereocenters. The molecule has 29 heavy (non-hydrogen) atoms. The molecular formula is C20H31N3O5S. The number of morpholine rings is 1. The summed E-state index contributed by atoms with van der Waals surface area (Å²) in [6, 6.07) is 4.86. The van der Waals surface area contributed by atoms with E-state index in [4.69, 9.17) is 9.47 Å². The molecule has 1 N–H and O–H groups in total. The largest absolute Gasteiger partial charge is 0.496 e. The van der Waals surface area contributed by atoms with Gasteiger partial charge in [0.15, 0.2) is 0 Å². The number of rotatable bonds is 7. The first-order chi connectivity index (χ1) is 13.9. The molecule has 1 aromatic carbocycles. The lowest BCUT2D eigenvalue weighted by Gasteiger charge is -2.31. The number of nitrogens with one attached hydrogen (secondary N) is 1. The Hall–Kier alpha value is -1.68. The van der Waals surface area contributed by atoms with Gasteiger partial charge in [-0.1, -0.05) is 0 Å². The molecule has 2 fully saturated rings. The summed E-state index contributed by atoms with van der Waals surface area (Å²) in [7, 11) is -2.08. The fraction of sp³-hybridized carbons (Fsp3) is 0.650. The van der Waals surface area contributed by atoms with Gasteiger partial charge < -0.3 is 14.8 Å². The molecule has 0 radical (unpaired) electrons. The molecule has 1 aromatic rings. The SMILES string of the molecule is COc1ccc(S(=O)(=O)N2CCC[C@H](C(=O)NCCN3CCOCC3)C2)cc1C. The first-order valence-electron chi connectivity index (χ1n) is 10.1. The van der Waals surface area contributed by atoms with Crippen molar-refractivity contribution in [1.29, 1.82) is 0 Å². The number of carbonyl (C=O) groups excluding carboxylic acids is 1. The first-order valence-corrected chi connectivity index (χ1v) is 11.6.